The van der Waals surface area contributed by atoms with Gasteiger partial charge in [-0.3, -0.25) is 4.98 Å². The summed E-state index contributed by atoms with van der Waals surface area (Å²) in [5.41, 5.74) is 2.09. The zero-order valence-electron chi connectivity index (χ0n) is 8.41. The van der Waals surface area contributed by atoms with Crippen LogP contribution in [0.2, 0.25) is 0 Å². The minimum absolute atomic E-state index is 0.460. The fourth-order valence-electron chi connectivity index (χ4n) is 1.67. The second-order valence-electron chi connectivity index (χ2n) is 3.45. The minimum atomic E-state index is 0.460. The first kappa shape index (κ1) is 8.91. The van der Waals surface area contributed by atoms with Gasteiger partial charge < -0.3 is 5.21 Å². The third kappa shape index (κ3) is 1.24. The number of hydrogen-bond acceptors (Lipinski definition) is 3. The van der Waals surface area contributed by atoms with E-state index in [1.165, 1.54) is 0 Å². The molecule has 78 valence electrons. The zero-order valence-corrected chi connectivity index (χ0v) is 8.41. The molecule has 0 saturated carbocycles. The van der Waals surface area contributed by atoms with E-state index in [9.17, 15) is 5.21 Å². The van der Waals surface area contributed by atoms with E-state index < -0.39 is 0 Å². The SMILES string of the molecule is On1c(-c2ccccn2)nc2ccccc21. The first-order chi connectivity index (χ1) is 7.86. The van der Waals surface area contributed by atoms with Crippen molar-refractivity contribution in [1.29, 1.82) is 0 Å². The Kier molecular flexibility index (Phi) is 1.86. The monoisotopic (exact) mass is 211 g/mol. The Morgan fingerprint density at radius 2 is 1.81 bits per heavy atom. The molecule has 0 aliphatic heterocycles. The highest BCUT2D eigenvalue weighted by atomic mass is 16.5. The van der Waals surface area contributed by atoms with Crippen LogP contribution in [0.3, 0.4) is 0 Å². The molecule has 4 nitrogen and oxygen atoms in total. The van der Waals surface area contributed by atoms with Gasteiger partial charge in [-0.15, -0.1) is 0 Å². The number of para-hydroxylation sites is 2. The van der Waals surface area contributed by atoms with Gasteiger partial charge in [0.05, 0.1) is 5.52 Å². The number of aromatic nitrogens is 3. The van der Waals surface area contributed by atoms with Crippen LogP contribution in [0, 0.1) is 0 Å². The van der Waals surface area contributed by atoms with Crippen molar-refractivity contribution in [2.45, 2.75) is 0 Å². The molecule has 0 fully saturated rings. The molecule has 1 aromatic carbocycles. The van der Waals surface area contributed by atoms with Crippen LogP contribution in [0.4, 0.5) is 0 Å². The molecule has 1 N–H and O–H groups in total. The van der Waals surface area contributed by atoms with Crippen molar-refractivity contribution in [1.82, 2.24) is 14.7 Å². The highest BCUT2D eigenvalue weighted by Crippen LogP contribution is 2.20. The molecule has 16 heavy (non-hydrogen) atoms. The van der Waals surface area contributed by atoms with E-state index in [0.717, 1.165) is 10.2 Å². The predicted molar refractivity (Wildman–Crippen MR) is 60.1 cm³/mol. The number of hydrogen-bond donors (Lipinski definition) is 1. The van der Waals surface area contributed by atoms with Crippen LogP contribution in [-0.2, 0) is 0 Å². The van der Waals surface area contributed by atoms with Gasteiger partial charge in [-0.05, 0) is 24.3 Å². The van der Waals surface area contributed by atoms with E-state index in [1.54, 1.807) is 6.20 Å². The van der Waals surface area contributed by atoms with Crippen LogP contribution in [0.25, 0.3) is 22.6 Å². The number of fused-ring (bicyclic) bond motifs is 1. The second kappa shape index (κ2) is 3.34. The zero-order chi connectivity index (χ0) is 11.0. The fourth-order valence-corrected chi connectivity index (χ4v) is 1.67. The summed E-state index contributed by atoms with van der Waals surface area (Å²) >= 11 is 0. The van der Waals surface area contributed by atoms with E-state index in [2.05, 4.69) is 9.97 Å². The number of imidazole rings is 1. The second-order valence-corrected chi connectivity index (χ2v) is 3.45. The molecular formula is C12H9N3O. The summed E-state index contributed by atoms with van der Waals surface area (Å²) in [7, 11) is 0. The number of pyridine rings is 1. The molecule has 0 atom stereocenters. The summed E-state index contributed by atoms with van der Waals surface area (Å²) in [6.07, 6.45) is 1.68. The smallest absolute Gasteiger partial charge is 0.195 e. The predicted octanol–water partition coefficient (Wildman–Crippen LogP) is 2.34. The van der Waals surface area contributed by atoms with Crippen molar-refractivity contribution in [3.63, 3.8) is 0 Å². The van der Waals surface area contributed by atoms with Crippen LogP contribution >= 0.6 is 0 Å². The average Bonchev–Trinajstić information content (AvgIpc) is 2.69. The summed E-state index contributed by atoms with van der Waals surface area (Å²) in [5, 5.41) is 9.96. The Bertz CT molecular complexity index is 631. The van der Waals surface area contributed by atoms with E-state index >= 15 is 0 Å². The Morgan fingerprint density at radius 3 is 2.56 bits per heavy atom. The van der Waals surface area contributed by atoms with Gasteiger partial charge in [0.15, 0.2) is 5.82 Å². The summed E-state index contributed by atoms with van der Waals surface area (Å²) < 4.78 is 1.07. The highest BCUT2D eigenvalue weighted by Gasteiger charge is 2.11. The lowest BCUT2D eigenvalue weighted by Gasteiger charge is -1.98. The lowest BCUT2D eigenvalue weighted by molar-refractivity contribution is 0.203. The summed E-state index contributed by atoms with van der Waals surface area (Å²) in [5.74, 6) is 0.460. The third-order valence-corrected chi connectivity index (χ3v) is 2.43. The van der Waals surface area contributed by atoms with Crippen LogP contribution in [0.15, 0.2) is 48.7 Å². The van der Waals surface area contributed by atoms with E-state index in [0.29, 0.717) is 17.0 Å². The van der Waals surface area contributed by atoms with Gasteiger partial charge in [0, 0.05) is 6.20 Å². The van der Waals surface area contributed by atoms with Crippen LogP contribution in [0.5, 0.6) is 0 Å². The third-order valence-electron chi connectivity index (χ3n) is 2.43. The summed E-state index contributed by atoms with van der Waals surface area (Å²) in [6, 6.07) is 12.9. The highest BCUT2D eigenvalue weighted by molar-refractivity contribution is 5.79. The van der Waals surface area contributed by atoms with E-state index in [1.807, 2.05) is 42.5 Å². The molecule has 2 heterocycles. The largest absolute Gasteiger partial charge is 0.426 e. The quantitative estimate of drug-likeness (QED) is 0.628. The number of benzene rings is 1. The first-order valence-corrected chi connectivity index (χ1v) is 4.94. The molecule has 0 bridgehead atoms. The Morgan fingerprint density at radius 1 is 1.00 bits per heavy atom. The van der Waals surface area contributed by atoms with Crippen molar-refractivity contribution in [2.75, 3.05) is 0 Å². The van der Waals surface area contributed by atoms with Crippen molar-refractivity contribution >= 4 is 11.0 Å². The molecular weight excluding hydrogens is 202 g/mol. The van der Waals surface area contributed by atoms with Crippen LogP contribution in [0.1, 0.15) is 0 Å². The van der Waals surface area contributed by atoms with Crippen LogP contribution in [-0.4, -0.2) is 19.9 Å². The molecule has 3 rings (SSSR count). The normalized spacial score (nSPS) is 10.8. The molecule has 0 amide bonds. The molecule has 0 radical (unpaired) electrons. The first-order valence-electron chi connectivity index (χ1n) is 4.94. The van der Waals surface area contributed by atoms with Crippen molar-refractivity contribution < 1.29 is 5.21 Å². The van der Waals surface area contributed by atoms with Crippen molar-refractivity contribution in [3.05, 3.63) is 48.7 Å². The van der Waals surface area contributed by atoms with Gasteiger partial charge in [-0.2, -0.15) is 4.73 Å². The maximum atomic E-state index is 9.96. The van der Waals surface area contributed by atoms with Gasteiger partial charge >= 0.3 is 0 Å². The molecule has 0 saturated heterocycles. The molecule has 0 unspecified atom stereocenters. The maximum absolute atomic E-state index is 9.96. The van der Waals surface area contributed by atoms with E-state index in [4.69, 9.17) is 0 Å². The topological polar surface area (TPSA) is 50.9 Å². The Labute approximate surface area is 91.8 Å². The van der Waals surface area contributed by atoms with Gasteiger partial charge in [0.1, 0.15) is 11.2 Å². The molecule has 0 spiro atoms. The van der Waals surface area contributed by atoms with Crippen molar-refractivity contribution in [3.8, 4) is 11.5 Å². The molecule has 0 aliphatic rings. The summed E-state index contributed by atoms with van der Waals surface area (Å²) in [4.78, 5) is 8.49. The lowest BCUT2D eigenvalue weighted by atomic mass is 10.3. The fraction of sp³-hybridized carbons (Fsp3) is 0. The maximum Gasteiger partial charge on any atom is 0.195 e. The standard InChI is InChI=1S/C12H9N3O/c16-15-11-7-2-1-5-9(11)14-12(15)10-6-3-4-8-13-10/h1-8,16H. The minimum Gasteiger partial charge on any atom is -0.426 e. The average molecular weight is 211 g/mol. The molecule has 0 aliphatic carbocycles. The molecule has 4 heteroatoms. The van der Waals surface area contributed by atoms with E-state index in [-0.39, 0.29) is 0 Å². The number of nitrogens with zero attached hydrogens (tertiary/aromatic N) is 3. The van der Waals surface area contributed by atoms with Crippen molar-refractivity contribution in [2.24, 2.45) is 0 Å². The Hall–Kier alpha value is -2.36. The summed E-state index contributed by atoms with van der Waals surface area (Å²) in [6.45, 7) is 0. The van der Waals surface area contributed by atoms with Gasteiger partial charge in [-0.1, -0.05) is 18.2 Å². The Balaban J connectivity index is 2.29. The van der Waals surface area contributed by atoms with Gasteiger partial charge in [0.25, 0.3) is 0 Å². The van der Waals surface area contributed by atoms with Gasteiger partial charge in [0.2, 0.25) is 0 Å². The number of rotatable bonds is 1. The lowest BCUT2D eigenvalue weighted by Crippen LogP contribution is -1.95. The van der Waals surface area contributed by atoms with Crippen LogP contribution < -0.4 is 0 Å². The molecule has 2 aromatic heterocycles. The molecule has 3 aromatic rings. The van der Waals surface area contributed by atoms with Gasteiger partial charge in [-0.25, -0.2) is 4.98 Å².